The van der Waals surface area contributed by atoms with Gasteiger partial charge in [-0.15, -0.1) is 0 Å². The van der Waals surface area contributed by atoms with Crippen LogP contribution in [0, 0.1) is 5.92 Å². The molecule has 2 atom stereocenters. The van der Waals surface area contributed by atoms with E-state index in [1.54, 1.807) is 0 Å². The highest BCUT2D eigenvalue weighted by Crippen LogP contribution is 2.29. The van der Waals surface area contributed by atoms with Gasteiger partial charge in [0.15, 0.2) is 0 Å². The Hall–Kier alpha value is -1.26. The average Bonchev–Trinajstić information content (AvgIpc) is 2.68. The first-order valence-electron chi connectivity index (χ1n) is 10.1. The molecule has 0 spiro atoms. The quantitative estimate of drug-likeness (QED) is 0.671. The molecule has 1 aliphatic heterocycles. The molecular formula is C23H30Cl2N2O. The maximum Gasteiger partial charge on any atom is 0.0722 e. The number of hydrogen-bond acceptors (Lipinski definition) is 3. The second-order valence-electron chi connectivity index (χ2n) is 7.93. The van der Waals surface area contributed by atoms with Gasteiger partial charge in [0.25, 0.3) is 0 Å². The van der Waals surface area contributed by atoms with Gasteiger partial charge in [-0.3, -0.25) is 4.90 Å². The van der Waals surface area contributed by atoms with Gasteiger partial charge in [0.1, 0.15) is 0 Å². The maximum absolute atomic E-state index is 11.3. The third-order valence-corrected chi connectivity index (χ3v) is 6.48. The Balaban J connectivity index is 1.57. The van der Waals surface area contributed by atoms with Crippen molar-refractivity contribution in [2.45, 2.75) is 32.3 Å². The van der Waals surface area contributed by atoms with Crippen molar-refractivity contribution in [1.29, 1.82) is 0 Å². The van der Waals surface area contributed by atoms with E-state index in [1.807, 2.05) is 42.5 Å². The van der Waals surface area contributed by atoms with E-state index in [-0.39, 0.29) is 5.92 Å². The van der Waals surface area contributed by atoms with Gasteiger partial charge in [0.05, 0.1) is 5.60 Å². The summed E-state index contributed by atoms with van der Waals surface area (Å²) in [5.41, 5.74) is 1.55. The first-order valence-corrected chi connectivity index (χ1v) is 10.8. The van der Waals surface area contributed by atoms with Gasteiger partial charge in [-0.25, -0.2) is 0 Å². The van der Waals surface area contributed by atoms with Crippen molar-refractivity contribution < 1.29 is 5.11 Å². The van der Waals surface area contributed by atoms with Crippen LogP contribution in [0.4, 0.5) is 5.69 Å². The zero-order valence-corrected chi connectivity index (χ0v) is 18.3. The van der Waals surface area contributed by atoms with Gasteiger partial charge in [-0.05, 0) is 48.2 Å². The number of anilines is 1. The van der Waals surface area contributed by atoms with E-state index < -0.39 is 5.60 Å². The summed E-state index contributed by atoms with van der Waals surface area (Å²) in [7, 11) is 0. The van der Waals surface area contributed by atoms with Crippen molar-refractivity contribution in [3.05, 3.63) is 64.1 Å². The highest BCUT2D eigenvalue weighted by Gasteiger charge is 2.34. The van der Waals surface area contributed by atoms with Crippen LogP contribution in [0.1, 0.15) is 25.8 Å². The molecule has 0 aliphatic carbocycles. The fraction of sp³-hybridized carbons (Fsp3) is 0.478. The van der Waals surface area contributed by atoms with Crippen molar-refractivity contribution in [2.24, 2.45) is 5.92 Å². The van der Waals surface area contributed by atoms with Gasteiger partial charge in [-0.2, -0.15) is 0 Å². The SMILES string of the molecule is CCC(O)(Cc1cccc(Cl)c1)C(C)CN1CCN(c2cccc(Cl)c2)CC1. The largest absolute Gasteiger partial charge is 0.389 e. The molecule has 1 aliphatic rings. The summed E-state index contributed by atoms with van der Waals surface area (Å²) in [6, 6.07) is 15.9. The van der Waals surface area contributed by atoms with Gasteiger partial charge in [0, 0.05) is 54.9 Å². The molecule has 1 heterocycles. The molecule has 2 aromatic rings. The summed E-state index contributed by atoms with van der Waals surface area (Å²) in [4.78, 5) is 4.84. The molecule has 28 heavy (non-hydrogen) atoms. The lowest BCUT2D eigenvalue weighted by molar-refractivity contribution is -0.0281. The van der Waals surface area contributed by atoms with Crippen molar-refractivity contribution >= 4 is 28.9 Å². The van der Waals surface area contributed by atoms with E-state index in [4.69, 9.17) is 23.2 Å². The topological polar surface area (TPSA) is 26.7 Å². The summed E-state index contributed by atoms with van der Waals surface area (Å²) in [5.74, 6) is 0.175. The van der Waals surface area contributed by atoms with Gasteiger partial charge < -0.3 is 10.0 Å². The van der Waals surface area contributed by atoms with E-state index in [0.29, 0.717) is 6.42 Å². The third kappa shape index (κ3) is 5.42. The molecule has 0 radical (unpaired) electrons. The van der Waals surface area contributed by atoms with Crippen LogP contribution >= 0.6 is 23.2 Å². The minimum Gasteiger partial charge on any atom is -0.389 e. The van der Waals surface area contributed by atoms with Crippen LogP contribution in [-0.4, -0.2) is 48.3 Å². The molecular weight excluding hydrogens is 391 g/mol. The molecule has 5 heteroatoms. The van der Waals surface area contributed by atoms with Gasteiger partial charge in [-0.1, -0.05) is 55.2 Å². The fourth-order valence-electron chi connectivity index (χ4n) is 4.07. The van der Waals surface area contributed by atoms with Crippen molar-refractivity contribution in [2.75, 3.05) is 37.6 Å². The smallest absolute Gasteiger partial charge is 0.0722 e. The molecule has 0 amide bonds. The fourth-order valence-corrected chi connectivity index (χ4v) is 4.46. The number of aliphatic hydroxyl groups is 1. The average molecular weight is 421 g/mol. The lowest BCUT2D eigenvalue weighted by Gasteiger charge is -2.41. The zero-order chi connectivity index (χ0) is 20.1. The van der Waals surface area contributed by atoms with Crippen LogP contribution in [0.25, 0.3) is 0 Å². The predicted octanol–water partition coefficient (Wildman–Crippen LogP) is 5.14. The van der Waals surface area contributed by atoms with E-state index in [1.165, 1.54) is 5.69 Å². The molecule has 1 saturated heterocycles. The number of rotatable bonds is 7. The zero-order valence-electron chi connectivity index (χ0n) is 16.7. The molecule has 3 nitrogen and oxygen atoms in total. The summed E-state index contributed by atoms with van der Waals surface area (Å²) < 4.78 is 0. The minimum atomic E-state index is -0.727. The summed E-state index contributed by atoms with van der Waals surface area (Å²) >= 11 is 12.3. The van der Waals surface area contributed by atoms with Crippen LogP contribution in [0.15, 0.2) is 48.5 Å². The Morgan fingerprint density at radius 1 is 1.00 bits per heavy atom. The lowest BCUT2D eigenvalue weighted by atomic mass is 9.80. The van der Waals surface area contributed by atoms with Gasteiger partial charge >= 0.3 is 0 Å². The molecule has 152 valence electrons. The van der Waals surface area contributed by atoms with Crippen LogP contribution in [-0.2, 0) is 6.42 Å². The molecule has 0 saturated carbocycles. The number of piperazine rings is 1. The molecule has 1 N–H and O–H groups in total. The van der Waals surface area contributed by atoms with E-state index in [9.17, 15) is 5.11 Å². The molecule has 1 fully saturated rings. The Bertz CT molecular complexity index is 777. The van der Waals surface area contributed by atoms with Crippen molar-refractivity contribution in [3.63, 3.8) is 0 Å². The van der Waals surface area contributed by atoms with E-state index >= 15 is 0 Å². The van der Waals surface area contributed by atoms with E-state index in [0.717, 1.165) is 54.8 Å². The third-order valence-electron chi connectivity index (χ3n) is 6.01. The number of benzene rings is 2. The molecule has 3 rings (SSSR count). The van der Waals surface area contributed by atoms with Crippen LogP contribution in [0.2, 0.25) is 10.0 Å². The van der Waals surface area contributed by atoms with Crippen molar-refractivity contribution in [3.8, 4) is 0 Å². The number of hydrogen-bond donors (Lipinski definition) is 1. The van der Waals surface area contributed by atoms with Crippen molar-refractivity contribution in [1.82, 2.24) is 4.90 Å². The predicted molar refractivity (Wildman–Crippen MR) is 120 cm³/mol. The normalized spacial score (nSPS) is 18.7. The Kier molecular flexibility index (Phi) is 7.27. The second kappa shape index (κ2) is 9.49. The highest BCUT2D eigenvalue weighted by molar-refractivity contribution is 6.31. The lowest BCUT2D eigenvalue weighted by Crippen LogP contribution is -2.51. The van der Waals surface area contributed by atoms with Crippen LogP contribution in [0.3, 0.4) is 0 Å². The number of halogens is 2. The minimum absolute atomic E-state index is 0.175. The monoisotopic (exact) mass is 420 g/mol. The Morgan fingerprint density at radius 2 is 1.64 bits per heavy atom. The first-order chi connectivity index (χ1) is 13.4. The van der Waals surface area contributed by atoms with Crippen LogP contribution in [0.5, 0.6) is 0 Å². The Morgan fingerprint density at radius 3 is 2.25 bits per heavy atom. The highest BCUT2D eigenvalue weighted by atomic mass is 35.5. The van der Waals surface area contributed by atoms with Gasteiger partial charge in [0.2, 0.25) is 0 Å². The standard InChI is InChI=1S/C23H30Cl2N2O/c1-3-23(28,16-19-6-4-7-20(24)14-19)18(2)17-26-10-12-27(13-11-26)22-9-5-8-21(25)15-22/h4-9,14-15,18,28H,3,10-13,16-17H2,1-2H3. The Labute approximate surface area is 178 Å². The molecule has 0 bridgehead atoms. The molecule has 2 unspecified atom stereocenters. The maximum atomic E-state index is 11.3. The van der Waals surface area contributed by atoms with Crippen LogP contribution < -0.4 is 4.90 Å². The first kappa shape index (κ1) is 21.4. The van der Waals surface area contributed by atoms with E-state index in [2.05, 4.69) is 29.7 Å². The second-order valence-corrected chi connectivity index (χ2v) is 8.81. The number of nitrogens with zero attached hydrogens (tertiary/aromatic N) is 2. The summed E-state index contributed by atoms with van der Waals surface area (Å²) in [6.45, 7) is 9.07. The summed E-state index contributed by atoms with van der Waals surface area (Å²) in [6.07, 6.45) is 1.36. The molecule has 0 aromatic heterocycles. The summed E-state index contributed by atoms with van der Waals surface area (Å²) in [5, 5.41) is 12.8. The molecule has 2 aromatic carbocycles.